The standard InChI is InChI=1S/C17H32N2O8/c1-5-26-13(20)11-24-9-7-18-15(22)17(3,4)19(16(18)23)8-10-25-12-14(21)27-6-2/h13-14,20-21H,5-12H2,1-4H3. The maximum absolute atomic E-state index is 12.6. The van der Waals surface area contributed by atoms with Crippen molar-refractivity contribution in [2.24, 2.45) is 0 Å². The summed E-state index contributed by atoms with van der Waals surface area (Å²) in [6.45, 7) is 8.09. The Hall–Kier alpha value is -1.30. The average Bonchev–Trinajstić information content (AvgIpc) is 2.76. The van der Waals surface area contributed by atoms with Crippen molar-refractivity contribution in [1.29, 1.82) is 0 Å². The topological polar surface area (TPSA) is 118 Å². The molecule has 1 heterocycles. The molecule has 3 amide bonds. The van der Waals surface area contributed by atoms with E-state index in [1.54, 1.807) is 27.7 Å². The molecule has 0 aromatic carbocycles. The van der Waals surface area contributed by atoms with Crippen LogP contribution in [0.25, 0.3) is 0 Å². The first kappa shape index (κ1) is 23.7. The molecule has 1 aliphatic heterocycles. The molecular weight excluding hydrogens is 360 g/mol. The molecule has 10 nitrogen and oxygen atoms in total. The third kappa shape index (κ3) is 6.98. The molecule has 1 saturated heterocycles. The van der Waals surface area contributed by atoms with Crippen LogP contribution in [0.1, 0.15) is 27.7 Å². The number of imide groups is 1. The molecule has 1 rings (SSSR count). The van der Waals surface area contributed by atoms with E-state index in [-0.39, 0.29) is 45.4 Å². The Morgan fingerprint density at radius 2 is 1.41 bits per heavy atom. The van der Waals surface area contributed by atoms with Gasteiger partial charge in [-0.1, -0.05) is 0 Å². The van der Waals surface area contributed by atoms with Gasteiger partial charge in [0.2, 0.25) is 0 Å². The van der Waals surface area contributed by atoms with Crippen LogP contribution in [0.3, 0.4) is 0 Å². The highest BCUT2D eigenvalue weighted by molar-refractivity contribution is 6.06. The fourth-order valence-electron chi connectivity index (χ4n) is 2.65. The second-order valence-corrected chi connectivity index (χ2v) is 6.42. The van der Waals surface area contributed by atoms with Crippen LogP contribution in [-0.4, -0.2) is 103 Å². The van der Waals surface area contributed by atoms with Crippen LogP contribution < -0.4 is 0 Å². The van der Waals surface area contributed by atoms with Crippen molar-refractivity contribution in [3.8, 4) is 0 Å². The summed E-state index contributed by atoms with van der Waals surface area (Å²) in [6.07, 6.45) is -2.04. The van der Waals surface area contributed by atoms with E-state index >= 15 is 0 Å². The molecule has 0 aromatic heterocycles. The summed E-state index contributed by atoms with van der Waals surface area (Å²) in [5.41, 5.74) is -0.996. The Morgan fingerprint density at radius 1 is 0.926 bits per heavy atom. The van der Waals surface area contributed by atoms with Crippen LogP contribution in [0.4, 0.5) is 4.79 Å². The van der Waals surface area contributed by atoms with Gasteiger partial charge in [-0.3, -0.25) is 9.69 Å². The van der Waals surface area contributed by atoms with Crippen LogP contribution in [0.5, 0.6) is 0 Å². The Balaban J connectivity index is 2.45. The molecule has 10 heteroatoms. The monoisotopic (exact) mass is 392 g/mol. The lowest BCUT2D eigenvalue weighted by Crippen LogP contribution is -2.45. The SMILES string of the molecule is CCOC(O)COCCN1C(=O)N(CCOCC(O)OCC)C(C)(C)C1=O. The zero-order valence-electron chi connectivity index (χ0n) is 16.5. The molecule has 2 atom stereocenters. The van der Waals surface area contributed by atoms with Crippen LogP contribution in [0, 0.1) is 0 Å². The number of aliphatic hydroxyl groups excluding tert-OH is 2. The number of rotatable bonds is 14. The molecule has 0 spiro atoms. The molecule has 2 N–H and O–H groups in total. The highest BCUT2D eigenvalue weighted by atomic mass is 16.6. The molecule has 0 aromatic rings. The number of carbonyl (C=O) groups excluding carboxylic acids is 2. The van der Waals surface area contributed by atoms with Crippen molar-refractivity contribution < 1.29 is 38.7 Å². The molecule has 1 fully saturated rings. The lowest BCUT2D eigenvalue weighted by molar-refractivity contribution is -0.139. The fraction of sp³-hybridized carbons (Fsp3) is 0.882. The Bertz CT molecular complexity index is 474. The predicted molar refractivity (Wildman–Crippen MR) is 94.8 cm³/mol. The van der Waals surface area contributed by atoms with Gasteiger partial charge in [-0.25, -0.2) is 4.79 Å². The highest BCUT2D eigenvalue weighted by Gasteiger charge is 2.50. The van der Waals surface area contributed by atoms with Gasteiger partial charge in [0, 0.05) is 19.8 Å². The normalized spacial score (nSPS) is 19.0. The number of hydrogen-bond donors (Lipinski definition) is 2. The molecule has 0 radical (unpaired) electrons. The minimum atomic E-state index is -1.03. The number of hydrogen-bond acceptors (Lipinski definition) is 8. The van der Waals surface area contributed by atoms with E-state index in [9.17, 15) is 19.8 Å². The van der Waals surface area contributed by atoms with E-state index in [4.69, 9.17) is 18.9 Å². The molecule has 0 bridgehead atoms. The van der Waals surface area contributed by atoms with Gasteiger partial charge in [0.15, 0.2) is 12.6 Å². The largest absolute Gasteiger partial charge is 0.374 e. The minimum absolute atomic E-state index is 0.00996. The number of ether oxygens (including phenoxy) is 4. The van der Waals surface area contributed by atoms with Crippen molar-refractivity contribution in [3.05, 3.63) is 0 Å². The van der Waals surface area contributed by atoms with Gasteiger partial charge in [-0.2, -0.15) is 0 Å². The first-order valence-electron chi connectivity index (χ1n) is 9.14. The summed E-state index contributed by atoms with van der Waals surface area (Å²) < 4.78 is 20.4. The second kappa shape index (κ2) is 11.5. The summed E-state index contributed by atoms with van der Waals surface area (Å²) in [5.74, 6) is -0.323. The highest BCUT2D eigenvalue weighted by Crippen LogP contribution is 2.27. The maximum atomic E-state index is 12.6. The third-order valence-corrected chi connectivity index (χ3v) is 4.06. The Morgan fingerprint density at radius 3 is 1.89 bits per heavy atom. The van der Waals surface area contributed by atoms with Crippen molar-refractivity contribution >= 4 is 11.9 Å². The van der Waals surface area contributed by atoms with Crippen molar-refractivity contribution in [3.63, 3.8) is 0 Å². The fourth-order valence-corrected chi connectivity index (χ4v) is 2.65. The Labute approximate surface area is 159 Å². The molecule has 2 unspecified atom stereocenters. The number of carbonyl (C=O) groups is 2. The molecular formula is C17H32N2O8. The molecule has 0 saturated carbocycles. The molecule has 1 aliphatic rings. The van der Waals surface area contributed by atoms with Crippen molar-refractivity contribution in [1.82, 2.24) is 9.80 Å². The first-order valence-corrected chi connectivity index (χ1v) is 9.14. The van der Waals surface area contributed by atoms with Gasteiger partial charge < -0.3 is 34.1 Å². The minimum Gasteiger partial charge on any atom is -0.374 e. The zero-order chi connectivity index (χ0) is 20.4. The summed E-state index contributed by atoms with van der Waals surface area (Å²) >= 11 is 0. The van der Waals surface area contributed by atoms with E-state index < -0.39 is 24.2 Å². The maximum Gasteiger partial charge on any atom is 0.327 e. The zero-order valence-corrected chi connectivity index (χ0v) is 16.5. The van der Waals surface area contributed by atoms with Gasteiger partial charge >= 0.3 is 6.03 Å². The summed E-state index contributed by atoms with van der Waals surface area (Å²) in [5, 5.41) is 18.9. The molecule has 0 aliphatic carbocycles. The molecule has 27 heavy (non-hydrogen) atoms. The lowest BCUT2D eigenvalue weighted by Gasteiger charge is -2.27. The van der Waals surface area contributed by atoms with Crippen molar-refractivity contribution in [2.75, 3.05) is 52.7 Å². The number of amides is 3. The van der Waals surface area contributed by atoms with Crippen LogP contribution >= 0.6 is 0 Å². The summed E-state index contributed by atoms with van der Waals surface area (Å²) in [4.78, 5) is 27.7. The number of nitrogens with zero attached hydrogens (tertiary/aromatic N) is 2. The summed E-state index contributed by atoms with van der Waals surface area (Å²) in [6, 6.07) is -0.423. The lowest BCUT2D eigenvalue weighted by atomic mass is 10.0. The van der Waals surface area contributed by atoms with Crippen molar-refractivity contribution in [2.45, 2.75) is 45.8 Å². The van der Waals surface area contributed by atoms with Gasteiger partial charge in [-0.15, -0.1) is 0 Å². The number of urea groups is 1. The second-order valence-electron chi connectivity index (χ2n) is 6.42. The van der Waals surface area contributed by atoms with Crippen LogP contribution in [-0.2, 0) is 23.7 Å². The molecule has 158 valence electrons. The van der Waals surface area contributed by atoms with Crippen LogP contribution in [0.15, 0.2) is 0 Å². The van der Waals surface area contributed by atoms with Gasteiger partial charge in [0.05, 0.1) is 33.0 Å². The third-order valence-electron chi connectivity index (χ3n) is 4.06. The summed E-state index contributed by atoms with van der Waals surface area (Å²) in [7, 11) is 0. The van der Waals surface area contributed by atoms with E-state index in [2.05, 4.69) is 0 Å². The smallest absolute Gasteiger partial charge is 0.327 e. The van der Waals surface area contributed by atoms with Gasteiger partial charge in [0.25, 0.3) is 5.91 Å². The van der Waals surface area contributed by atoms with E-state index in [0.717, 1.165) is 4.90 Å². The first-order chi connectivity index (χ1) is 12.8. The van der Waals surface area contributed by atoms with Gasteiger partial charge in [-0.05, 0) is 27.7 Å². The Kier molecular flexibility index (Phi) is 10.1. The number of aliphatic hydroxyl groups is 2. The predicted octanol–water partition coefficient (Wildman–Crippen LogP) is -0.228. The van der Waals surface area contributed by atoms with E-state index in [1.165, 1.54) is 4.90 Å². The quantitative estimate of drug-likeness (QED) is 0.236. The van der Waals surface area contributed by atoms with Crippen LogP contribution in [0.2, 0.25) is 0 Å². The average molecular weight is 392 g/mol. The van der Waals surface area contributed by atoms with E-state index in [0.29, 0.717) is 13.2 Å². The van der Waals surface area contributed by atoms with Gasteiger partial charge in [0.1, 0.15) is 5.54 Å². The van der Waals surface area contributed by atoms with E-state index in [1.807, 2.05) is 0 Å².